The molecule has 6 nitrogen and oxygen atoms in total. The molecule has 1 aromatic carbocycles. The standard InChI is InChI=1S/C17H18F3N5O/c1-11-12(2)15(23-25-14(11)21-22-16(25)17(18,19)20)24(3)9-10-26-13-7-5-4-6-8-13/h4-8H,9-10H2,1-3H3. The predicted octanol–water partition coefficient (Wildman–Crippen LogP) is 3.28. The zero-order valence-electron chi connectivity index (χ0n) is 14.6. The number of hydrogen-bond acceptors (Lipinski definition) is 5. The molecular formula is C17H18F3N5O. The Hall–Kier alpha value is -2.84. The molecule has 0 saturated carbocycles. The highest BCUT2D eigenvalue weighted by Crippen LogP contribution is 2.30. The second-order valence-electron chi connectivity index (χ2n) is 5.91. The van der Waals surface area contributed by atoms with Gasteiger partial charge in [0.05, 0.1) is 6.54 Å². The maximum atomic E-state index is 13.1. The lowest BCUT2D eigenvalue weighted by Crippen LogP contribution is -2.27. The molecule has 2 aromatic heterocycles. The van der Waals surface area contributed by atoms with Crippen LogP contribution in [0, 0.1) is 13.8 Å². The number of nitrogens with zero attached hydrogens (tertiary/aromatic N) is 5. The van der Waals surface area contributed by atoms with Crippen LogP contribution in [-0.4, -0.2) is 40.0 Å². The summed E-state index contributed by atoms with van der Waals surface area (Å²) in [7, 11) is 1.76. The van der Waals surface area contributed by atoms with Crippen LogP contribution in [0.4, 0.5) is 19.0 Å². The molecule has 0 amide bonds. The average molecular weight is 365 g/mol. The molecule has 9 heteroatoms. The quantitative estimate of drug-likeness (QED) is 0.695. The highest BCUT2D eigenvalue weighted by molar-refractivity contribution is 5.59. The van der Waals surface area contributed by atoms with Crippen molar-refractivity contribution in [2.75, 3.05) is 25.1 Å². The van der Waals surface area contributed by atoms with E-state index in [1.54, 1.807) is 25.8 Å². The van der Waals surface area contributed by atoms with Crippen molar-refractivity contribution in [3.63, 3.8) is 0 Å². The van der Waals surface area contributed by atoms with Gasteiger partial charge in [0.2, 0.25) is 0 Å². The Balaban J connectivity index is 1.85. The number of halogens is 3. The largest absolute Gasteiger partial charge is 0.492 e. The second kappa shape index (κ2) is 6.81. The zero-order valence-corrected chi connectivity index (χ0v) is 14.6. The number of aryl methyl sites for hydroxylation is 1. The summed E-state index contributed by atoms with van der Waals surface area (Å²) in [6.45, 7) is 4.33. The molecule has 0 unspecified atom stereocenters. The SMILES string of the molecule is Cc1c(N(C)CCOc2ccccc2)nn2c(C(F)(F)F)nnc2c1C. The van der Waals surface area contributed by atoms with Gasteiger partial charge in [0, 0.05) is 18.2 Å². The molecule has 0 aliphatic heterocycles. The van der Waals surface area contributed by atoms with Crippen LogP contribution >= 0.6 is 0 Å². The number of ether oxygens (including phenoxy) is 1. The third-order valence-corrected chi connectivity index (χ3v) is 4.12. The normalized spacial score (nSPS) is 11.8. The first-order valence-electron chi connectivity index (χ1n) is 7.98. The van der Waals surface area contributed by atoms with Gasteiger partial charge in [0.1, 0.15) is 12.4 Å². The summed E-state index contributed by atoms with van der Waals surface area (Å²) in [5.41, 5.74) is 1.46. The van der Waals surface area contributed by atoms with Gasteiger partial charge in [-0.15, -0.1) is 15.3 Å². The lowest BCUT2D eigenvalue weighted by molar-refractivity contribution is -0.146. The number of anilines is 1. The lowest BCUT2D eigenvalue weighted by Gasteiger charge is -2.21. The van der Waals surface area contributed by atoms with Gasteiger partial charge in [-0.25, -0.2) is 0 Å². The van der Waals surface area contributed by atoms with Crippen molar-refractivity contribution in [1.82, 2.24) is 19.8 Å². The minimum atomic E-state index is -4.62. The van der Waals surface area contributed by atoms with E-state index in [-0.39, 0.29) is 5.65 Å². The van der Waals surface area contributed by atoms with E-state index in [4.69, 9.17) is 4.74 Å². The van der Waals surface area contributed by atoms with E-state index in [2.05, 4.69) is 15.3 Å². The highest BCUT2D eigenvalue weighted by Gasteiger charge is 2.38. The minimum absolute atomic E-state index is 0.104. The smallest absolute Gasteiger partial charge is 0.453 e. The molecule has 3 rings (SSSR count). The van der Waals surface area contributed by atoms with Crippen molar-refractivity contribution in [3.05, 3.63) is 47.3 Å². The van der Waals surface area contributed by atoms with Crippen molar-refractivity contribution in [2.24, 2.45) is 0 Å². The average Bonchev–Trinajstić information content (AvgIpc) is 3.03. The number of benzene rings is 1. The predicted molar refractivity (Wildman–Crippen MR) is 90.5 cm³/mol. The summed E-state index contributed by atoms with van der Waals surface area (Å²) >= 11 is 0. The first-order chi connectivity index (χ1) is 12.3. The van der Waals surface area contributed by atoms with Gasteiger partial charge in [-0.05, 0) is 26.0 Å². The summed E-state index contributed by atoms with van der Waals surface area (Å²) < 4.78 is 45.7. The third-order valence-electron chi connectivity index (χ3n) is 4.12. The van der Waals surface area contributed by atoms with E-state index < -0.39 is 12.0 Å². The first-order valence-corrected chi connectivity index (χ1v) is 7.98. The minimum Gasteiger partial charge on any atom is -0.492 e. The molecule has 0 aliphatic rings. The lowest BCUT2D eigenvalue weighted by atomic mass is 10.2. The molecule has 0 N–H and O–H groups in total. The van der Waals surface area contributed by atoms with Gasteiger partial charge in [-0.2, -0.15) is 17.7 Å². The number of fused-ring (bicyclic) bond motifs is 1. The molecule has 0 radical (unpaired) electrons. The Bertz CT molecular complexity index is 908. The molecule has 2 heterocycles. The van der Waals surface area contributed by atoms with Crippen LogP contribution in [0.1, 0.15) is 17.0 Å². The van der Waals surface area contributed by atoms with Crippen LogP contribution in [0.15, 0.2) is 30.3 Å². The van der Waals surface area contributed by atoms with Crippen molar-refractivity contribution in [1.29, 1.82) is 0 Å². The van der Waals surface area contributed by atoms with Crippen LogP contribution in [0.3, 0.4) is 0 Å². The van der Waals surface area contributed by atoms with Crippen LogP contribution in [0.5, 0.6) is 5.75 Å². The van der Waals surface area contributed by atoms with E-state index in [9.17, 15) is 13.2 Å². The Morgan fingerprint density at radius 2 is 1.77 bits per heavy atom. The Morgan fingerprint density at radius 3 is 2.42 bits per heavy atom. The summed E-state index contributed by atoms with van der Waals surface area (Å²) in [4.78, 5) is 1.75. The molecule has 138 valence electrons. The van der Waals surface area contributed by atoms with Gasteiger partial charge in [-0.1, -0.05) is 18.2 Å². The molecule has 0 aliphatic carbocycles. The Labute approximate surface area is 148 Å². The van der Waals surface area contributed by atoms with Crippen LogP contribution in [0.2, 0.25) is 0 Å². The number of hydrogen-bond donors (Lipinski definition) is 0. The fraction of sp³-hybridized carbons (Fsp3) is 0.353. The fourth-order valence-corrected chi connectivity index (χ4v) is 2.58. The molecule has 0 fully saturated rings. The van der Waals surface area contributed by atoms with Gasteiger partial charge in [-0.3, -0.25) is 0 Å². The topological polar surface area (TPSA) is 55.5 Å². The van der Waals surface area contributed by atoms with Crippen LogP contribution in [-0.2, 0) is 6.18 Å². The summed E-state index contributed by atoms with van der Waals surface area (Å²) in [5, 5.41) is 11.0. The van der Waals surface area contributed by atoms with Gasteiger partial charge in [0.25, 0.3) is 5.82 Å². The van der Waals surface area contributed by atoms with Crippen molar-refractivity contribution >= 4 is 11.5 Å². The zero-order chi connectivity index (χ0) is 18.9. The van der Waals surface area contributed by atoms with Crippen molar-refractivity contribution in [3.8, 4) is 5.75 Å². The maximum Gasteiger partial charge on any atom is 0.453 e. The number of alkyl halides is 3. The molecule has 26 heavy (non-hydrogen) atoms. The first kappa shape index (κ1) is 18.0. The number of likely N-dealkylation sites (N-methyl/N-ethyl adjacent to an activating group) is 1. The third kappa shape index (κ3) is 3.42. The number of rotatable bonds is 5. The van der Waals surface area contributed by atoms with Crippen LogP contribution < -0.4 is 9.64 Å². The van der Waals surface area contributed by atoms with Gasteiger partial charge in [0.15, 0.2) is 11.5 Å². The molecule has 0 bridgehead atoms. The molecular weight excluding hydrogens is 347 g/mol. The molecule has 0 atom stereocenters. The fourth-order valence-electron chi connectivity index (χ4n) is 2.58. The number of aromatic nitrogens is 4. The summed E-state index contributed by atoms with van der Waals surface area (Å²) in [5.74, 6) is 0.0260. The highest BCUT2D eigenvalue weighted by atomic mass is 19.4. The number of para-hydroxylation sites is 1. The van der Waals surface area contributed by atoms with E-state index in [0.717, 1.165) is 15.8 Å². The molecule has 0 spiro atoms. The second-order valence-corrected chi connectivity index (χ2v) is 5.91. The van der Waals surface area contributed by atoms with Gasteiger partial charge >= 0.3 is 6.18 Å². The van der Waals surface area contributed by atoms with Crippen molar-refractivity contribution in [2.45, 2.75) is 20.0 Å². The Morgan fingerprint density at radius 1 is 1.08 bits per heavy atom. The van der Waals surface area contributed by atoms with Gasteiger partial charge < -0.3 is 9.64 Å². The Kier molecular flexibility index (Phi) is 4.71. The summed E-state index contributed by atoms with van der Waals surface area (Å²) in [6, 6.07) is 9.31. The van der Waals surface area contributed by atoms with E-state index >= 15 is 0 Å². The maximum absolute atomic E-state index is 13.1. The van der Waals surface area contributed by atoms with Crippen LogP contribution in [0.25, 0.3) is 5.65 Å². The molecule has 3 aromatic rings. The van der Waals surface area contributed by atoms with E-state index in [0.29, 0.717) is 24.5 Å². The van der Waals surface area contributed by atoms with Crippen molar-refractivity contribution < 1.29 is 17.9 Å². The molecule has 0 saturated heterocycles. The van der Waals surface area contributed by atoms with E-state index in [1.165, 1.54) is 0 Å². The summed E-state index contributed by atoms with van der Waals surface area (Å²) in [6.07, 6.45) is -4.62. The van der Waals surface area contributed by atoms with E-state index in [1.807, 2.05) is 30.3 Å². The monoisotopic (exact) mass is 365 g/mol.